The van der Waals surface area contributed by atoms with E-state index in [1.54, 1.807) is 117 Å². The number of hydrogen-bond donors (Lipinski definition) is 4. The molecule has 4 N–H and O–H groups in total. The van der Waals surface area contributed by atoms with Gasteiger partial charge in [-0.2, -0.15) is 38.0 Å². The summed E-state index contributed by atoms with van der Waals surface area (Å²) < 4.78 is 258. The zero-order chi connectivity index (χ0) is 108. The topological polar surface area (TPSA) is 471 Å². The molecule has 48 heteroatoms. The first-order valence-electron chi connectivity index (χ1n) is 46.0. The highest BCUT2D eigenvalue weighted by Gasteiger charge is 2.50. The number of alkyl halides is 6. The van der Waals surface area contributed by atoms with E-state index in [4.69, 9.17) is 9.47 Å². The van der Waals surface area contributed by atoms with Crippen molar-refractivity contribution in [3.05, 3.63) is 156 Å². The Morgan fingerprint density at radius 3 is 0.897 bits per heavy atom. The number of pyridine rings is 6. The Morgan fingerprint density at radius 2 is 0.623 bits per heavy atom. The van der Waals surface area contributed by atoms with Gasteiger partial charge in [-0.25, -0.2) is 70.0 Å². The number of rotatable bonds is 32. The molecule has 788 valence electrons. The van der Waals surface area contributed by atoms with Crippen LogP contribution in [-0.2, 0) is 39.3 Å². The van der Waals surface area contributed by atoms with Crippen LogP contribution in [0.3, 0.4) is 0 Å². The molecular formula is C98H112F10N14O20S4. The second-order valence-electron chi connectivity index (χ2n) is 42.1. The molecule has 0 amide bonds. The van der Waals surface area contributed by atoms with Gasteiger partial charge in [0.15, 0.2) is 74.1 Å². The van der Waals surface area contributed by atoms with E-state index in [2.05, 4.69) is 59.8 Å². The Hall–Kier alpha value is -12.0. The number of halogens is 10. The lowest BCUT2D eigenvalue weighted by Gasteiger charge is -2.37. The normalized spacial score (nSPS) is 18.2. The van der Waals surface area contributed by atoms with Crippen molar-refractivity contribution >= 4 is 106 Å². The van der Waals surface area contributed by atoms with Crippen LogP contribution in [0, 0.1) is 44.9 Å². The summed E-state index contributed by atoms with van der Waals surface area (Å²) in [5.74, 6) is -5.59. The predicted octanol–water partition coefficient (Wildman–Crippen LogP) is 16.5. The lowest BCUT2D eigenvalue weighted by Crippen LogP contribution is -2.47. The maximum Gasteiger partial charge on any atom is 0.394 e. The van der Waals surface area contributed by atoms with Crippen molar-refractivity contribution in [2.45, 2.75) is 236 Å². The van der Waals surface area contributed by atoms with E-state index in [0.717, 1.165) is 48.8 Å². The molecule has 0 saturated carbocycles. The number of hydrogen-bond acceptors (Lipinski definition) is 30. The van der Waals surface area contributed by atoms with Crippen LogP contribution >= 0.6 is 0 Å². The van der Waals surface area contributed by atoms with Gasteiger partial charge in [0.2, 0.25) is 24.5 Å². The monoisotopic (exact) mass is 2120 g/mol. The van der Waals surface area contributed by atoms with Crippen molar-refractivity contribution in [3.8, 4) is 68.3 Å². The number of ether oxygens (including phenoxy) is 4. The minimum absolute atomic E-state index is 0.000694. The summed E-state index contributed by atoms with van der Waals surface area (Å²) in [5.41, 5.74) is -4.89. The van der Waals surface area contributed by atoms with Crippen LogP contribution < -0.4 is 18.9 Å². The summed E-state index contributed by atoms with van der Waals surface area (Å²) in [6.07, 6.45) is -3.17. The van der Waals surface area contributed by atoms with Crippen molar-refractivity contribution in [2.24, 2.45) is 21.7 Å². The molecule has 0 radical (unpaired) electrons. The zero-order valence-corrected chi connectivity index (χ0v) is 86.6. The van der Waals surface area contributed by atoms with Crippen molar-refractivity contribution in [2.75, 3.05) is 46.0 Å². The second-order valence-corrected chi connectivity index (χ2v) is 50.3. The molecule has 0 bridgehead atoms. The lowest BCUT2D eigenvalue weighted by molar-refractivity contribution is -0.159. The number of Topliss-reactive ketones (excluding diaryl/α,β-unsaturated/α-hetero) is 4. The van der Waals surface area contributed by atoms with Gasteiger partial charge in [-0.05, 0) is 144 Å². The number of carbonyl (C=O) groups is 4. The molecule has 12 aromatic rings. The molecule has 2 aromatic carbocycles. The highest BCUT2D eigenvalue weighted by Crippen LogP contribution is 2.47. The molecule has 4 saturated heterocycles. The SMILES string of the molecule is CC(F)Oc1cc(-c2nn([C@@H](C)C(C)(C)O)c3cc(C(=O)CC4(C)CS(=O)(=O)C4)ncc23)c(F)cn1.CC(F)Oc1cc(-c2nn([C@H](C)C(C)(C)O)c3cc(C(=O)CC4(C)CS(=O)(=O)C4)cnc23)c(F)cn1.C[C@@H](n1nc(-c2cc(OC(C)(F)F)ccc2F)c2ncc(C(=O)CC3(C)CS(=O)(=O)C3)cc21)C(C)(C)O.C[C@H](n1nc(-c2cc(OC(C)(F)F)ccc2F)c2ncc(C(=O)CC3(C)CS(=O)(=O)C3)cc21)C(C)(C)O. The van der Waals surface area contributed by atoms with Crippen LogP contribution in [0.5, 0.6) is 23.3 Å². The number of aromatic nitrogens is 14. The molecule has 2 unspecified atom stereocenters. The maximum atomic E-state index is 14.9. The standard InChI is InChI=1S/2C25H28F3N3O5S.2C24H28F2N4O5S/c2*1-14(23(2,3)33)31-19-8-15(20(32)10-24(4)12-37(34,35)13-24)11-29-22(19)21(30-31)17-9-16(6-7-18(17)26)36-25(5,27)28;1-13(23(3,4)32)30-19-7-18(20(31)8-24(5)11-36(33,34)12-24)27-9-16(19)22(29-30)15-6-21(35-14(2)25)28-10-17(15)26;1-13(23(3,4)32)30-18-6-15(19(31)8-24(5)11-36(33,34)12-24)9-28-22(18)21(29-30)16-7-20(35-14(2)25)27-10-17(16)26/h2*6-9,11,14,33H,10,12-13H2,1-5H3;2*6-7,9-10,13-14,32H,8,11-12H2,1-5H3/t2*14-;2*13-,14?/m1001/s1. The summed E-state index contributed by atoms with van der Waals surface area (Å²) in [6, 6.07) is 12.3. The molecule has 4 aliphatic heterocycles. The van der Waals surface area contributed by atoms with E-state index in [0.29, 0.717) is 41.3 Å². The van der Waals surface area contributed by atoms with Crippen LogP contribution in [0.2, 0.25) is 0 Å². The Morgan fingerprint density at radius 1 is 0.356 bits per heavy atom. The highest BCUT2D eigenvalue weighted by atomic mass is 32.2. The van der Waals surface area contributed by atoms with Crippen molar-refractivity contribution in [1.82, 2.24) is 69.0 Å². The number of fused-ring (bicyclic) bond motifs is 4. The van der Waals surface area contributed by atoms with Crippen LogP contribution in [0.4, 0.5) is 43.9 Å². The lowest BCUT2D eigenvalue weighted by atomic mass is 9.86. The first kappa shape index (κ1) is 111. The van der Waals surface area contributed by atoms with Gasteiger partial charge >= 0.3 is 12.2 Å². The second kappa shape index (κ2) is 39.6. The fraction of sp³-hybridized carbons (Fsp3) is 0.490. The average molecular weight is 2120 g/mol. The summed E-state index contributed by atoms with van der Waals surface area (Å²) in [5, 5.41) is 61.0. The van der Waals surface area contributed by atoms with Gasteiger partial charge < -0.3 is 39.4 Å². The van der Waals surface area contributed by atoms with Gasteiger partial charge in [0.05, 0.1) is 127 Å². The van der Waals surface area contributed by atoms with Gasteiger partial charge in [0.25, 0.3) is 0 Å². The van der Waals surface area contributed by atoms with E-state index in [1.165, 1.54) is 87.7 Å². The van der Waals surface area contributed by atoms with Crippen molar-refractivity contribution in [3.63, 3.8) is 0 Å². The predicted molar refractivity (Wildman–Crippen MR) is 519 cm³/mol. The third-order valence-corrected chi connectivity index (χ3v) is 34.7. The number of nitrogens with zero attached hydrogens (tertiary/aromatic N) is 14. The summed E-state index contributed by atoms with van der Waals surface area (Å²) in [6.45, 7) is 29.8. The highest BCUT2D eigenvalue weighted by molar-refractivity contribution is 7.93. The minimum Gasteiger partial charge on any atom is -0.444 e. The summed E-state index contributed by atoms with van der Waals surface area (Å²) in [4.78, 5) is 76.9. The largest absolute Gasteiger partial charge is 0.444 e. The molecule has 34 nitrogen and oxygen atoms in total. The molecule has 146 heavy (non-hydrogen) atoms. The van der Waals surface area contributed by atoms with Gasteiger partial charge in [-0.15, -0.1) is 0 Å². The fourth-order valence-electron chi connectivity index (χ4n) is 17.8. The van der Waals surface area contributed by atoms with Gasteiger partial charge in [0.1, 0.15) is 68.2 Å². The maximum absolute atomic E-state index is 14.9. The van der Waals surface area contributed by atoms with Crippen molar-refractivity contribution < 1.29 is 136 Å². The molecule has 0 aliphatic carbocycles. The van der Waals surface area contributed by atoms with Gasteiger partial charge in [-0.1, -0.05) is 27.7 Å². The van der Waals surface area contributed by atoms with E-state index in [-0.39, 0.29) is 202 Å². The van der Waals surface area contributed by atoms with E-state index in [9.17, 15) is 117 Å². The quantitative estimate of drug-likeness (QED) is 0.0225. The van der Waals surface area contributed by atoms with Crippen LogP contribution in [0.1, 0.15) is 230 Å². The molecular weight excluding hydrogens is 2010 g/mol. The zero-order valence-electron chi connectivity index (χ0n) is 83.3. The van der Waals surface area contributed by atoms with Crippen LogP contribution in [0.25, 0.3) is 89.0 Å². The molecule has 16 rings (SSSR count). The van der Waals surface area contributed by atoms with Crippen molar-refractivity contribution in [1.29, 1.82) is 0 Å². The number of sulfone groups is 4. The summed E-state index contributed by atoms with van der Waals surface area (Å²) >= 11 is 0. The van der Waals surface area contributed by atoms with Gasteiger partial charge in [-0.3, -0.25) is 57.8 Å². The Balaban J connectivity index is 0.000000163. The third kappa shape index (κ3) is 25.5. The molecule has 4 aliphatic rings. The smallest absolute Gasteiger partial charge is 0.394 e. The van der Waals surface area contributed by atoms with Crippen LogP contribution in [-0.4, -0.2) is 240 Å². The van der Waals surface area contributed by atoms with E-state index >= 15 is 0 Å². The average Bonchev–Trinajstić information content (AvgIpc) is 1.61. The first-order valence-corrected chi connectivity index (χ1v) is 53.2. The number of aliphatic hydroxyl groups is 4. The molecule has 6 atom stereocenters. The van der Waals surface area contributed by atoms with E-state index < -0.39 is 156 Å². The summed E-state index contributed by atoms with van der Waals surface area (Å²) in [7, 11) is -12.5. The molecule has 4 fully saturated rings. The minimum atomic E-state index is -3.49. The Bertz CT molecular complexity index is 7160. The van der Waals surface area contributed by atoms with Crippen LogP contribution in [0.15, 0.2) is 110 Å². The van der Waals surface area contributed by atoms with E-state index in [1.807, 2.05) is 0 Å². The Kier molecular flexibility index (Phi) is 30.2. The molecule has 10 aromatic heterocycles. The number of ketones is 4. The molecule has 0 spiro atoms. The number of carbonyl (C=O) groups excluding carboxylic acids is 4. The molecule has 14 heterocycles. The number of benzene rings is 2. The fourth-order valence-corrected chi connectivity index (χ4v) is 26.8. The Labute approximate surface area is 834 Å². The third-order valence-electron chi connectivity index (χ3n) is 25.7. The first-order chi connectivity index (χ1) is 66.9. The van der Waals surface area contributed by atoms with Gasteiger partial charge in [0, 0.05) is 156 Å².